The number of benzene rings is 6. The lowest BCUT2D eigenvalue weighted by Gasteiger charge is -2.30. The van der Waals surface area contributed by atoms with Gasteiger partial charge in [-0.15, -0.1) is 11.3 Å². The average Bonchev–Trinajstić information content (AvgIpc) is 1.62. The van der Waals surface area contributed by atoms with Gasteiger partial charge in [0.2, 0.25) is 0 Å². The van der Waals surface area contributed by atoms with Gasteiger partial charge in [-0.05, 0) is 115 Å². The Bertz CT molecular complexity index is 5410. The summed E-state index contributed by atoms with van der Waals surface area (Å²) in [5.74, 6) is 6.00. The number of nitrogens with zero attached hydrogens (tertiary/aromatic N) is 7. The van der Waals surface area contributed by atoms with E-state index in [9.17, 15) is 47.7 Å². The molecule has 36 heteroatoms. The van der Waals surface area contributed by atoms with Gasteiger partial charge in [-0.2, -0.15) is 0 Å². The number of carbonyl (C=O) groups excluding carboxylic acids is 5. The molecular formula is C97H111N13O21S2. The van der Waals surface area contributed by atoms with Crippen molar-refractivity contribution in [1.29, 1.82) is 0 Å². The molecule has 1 unspecified atom stereocenters. The zero-order chi connectivity index (χ0) is 92.3. The van der Waals surface area contributed by atoms with E-state index in [1.54, 1.807) is 39.5 Å². The van der Waals surface area contributed by atoms with Crippen molar-refractivity contribution in [2.24, 2.45) is 23.6 Å². The third-order valence-corrected chi connectivity index (χ3v) is 26.2. The van der Waals surface area contributed by atoms with Crippen LogP contribution in [0.1, 0.15) is 64.8 Å². The van der Waals surface area contributed by atoms with Crippen molar-refractivity contribution in [3.8, 4) is 33.8 Å². The lowest BCUT2D eigenvalue weighted by atomic mass is 10.0. The van der Waals surface area contributed by atoms with Gasteiger partial charge < -0.3 is 83.4 Å². The second-order valence-corrected chi connectivity index (χ2v) is 36.5. The first-order valence-corrected chi connectivity index (χ1v) is 47.3. The van der Waals surface area contributed by atoms with Crippen LogP contribution in [0.3, 0.4) is 0 Å². The Hall–Kier alpha value is -11.8. The highest BCUT2D eigenvalue weighted by molar-refractivity contribution is 7.91. The Balaban J connectivity index is 0.000000153. The van der Waals surface area contributed by atoms with Crippen LogP contribution in [0, 0.1) is 17.8 Å². The van der Waals surface area contributed by atoms with Crippen molar-refractivity contribution in [2.75, 3.05) is 70.8 Å². The number of aliphatic hydroxyl groups is 3. The highest BCUT2D eigenvalue weighted by Gasteiger charge is 2.47. The number of ether oxygens (including phenoxy) is 11. The fraction of sp³-hybridized carbons (Fsp3) is 0.392. The van der Waals surface area contributed by atoms with Crippen molar-refractivity contribution < 1.29 is 99.8 Å². The van der Waals surface area contributed by atoms with E-state index in [1.165, 1.54) is 16.3 Å². The summed E-state index contributed by atoms with van der Waals surface area (Å²) < 4.78 is 85.2. The number of rotatable bonds is 35. The van der Waals surface area contributed by atoms with Crippen LogP contribution in [-0.4, -0.2) is 240 Å². The van der Waals surface area contributed by atoms with Gasteiger partial charge in [0.05, 0.1) is 134 Å². The molecule has 17 rings (SSSR count). The number of pyridine rings is 3. The predicted molar refractivity (Wildman–Crippen MR) is 488 cm³/mol. The van der Waals surface area contributed by atoms with E-state index in [4.69, 9.17) is 57.9 Å². The summed E-state index contributed by atoms with van der Waals surface area (Å²) >= 11 is 1.41. The number of thiazole rings is 1. The Morgan fingerprint density at radius 1 is 0.421 bits per heavy atom. The number of hydrazine groups is 3. The highest BCUT2D eigenvalue weighted by atomic mass is 32.2. The molecule has 0 saturated carbocycles. The lowest BCUT2D eigenvalue weighted by Crippen LogP contribution is -2.53. The fourth-order valence-corrected chi connectivity index (χ4v) is 19.0. The van der Waals surface area contributed by atoms with Crippen LogP contribution in [0.15, 0.2) is 248 Å². The van der Waals surface area contributed by atoms with Crippen molar-refractivity contribution in [2.45, 2.75) is 151 Å². The Morgan fingerprint density at radius 2 is 0.789 bits per heavy atom. The van der Waals surface area contributed by atoms with E-state index in [0.29, 0.717) is 51.5 Å². The van der Waals surface area contributed by atoms with Crippen LogP contribution in [0.2, 0.25) is 0 Å². The smallest absolute Gasteiger partial charge is 0.422 e. The molecule has 702 valence electrons. The topological polar surface area (TPSA) is 429 Å². The van der Waals surface area contributed by atoms with Crippen LogP contribution < -0.4 is 32.6 Å². The molecule has 0 radical (unpaired) electrons. The van der Waals surface area contributed by atoms with Crippen LogP contribution in [-0.2, 0) is 107 Å². The van der Waals surface area contributed by atoms with Crippen LogP contribution in [0.5, 0.6) is 0 Å². The molecule has 0 bridgehead atoms. The third kappa shape index (κ3) is 28.6. The molecule has 133 heavy (non-hydrogen) atoms. The van der Waals surface area contributed by atoms with Crippen LogP contribution >= 0.6 is 11.3 Å². The number of fused-ring (bicyclic) bond motifs is 3. The first-order chi connectivity index (χ1) is 64.7. The number of alkyl carbamates (subject to hydrolysis) is 3. The van der Waals surface area contributed by atoms with Gasteiger partial charge in [-0.1, -0.05) is 182 Å². The normalized spacial score (nSPS) is 22.0. The predicted octanol–water partition coefficient (Wildman–Crippen LogP) is 10.0. The Kier molecular flexibility index (Phi) is 34.3. The molecule has 16 atom stereocenters. The molecule has 11 heterocycles. The van der Waals surface area contributed by atoms with Crippen molar-refractivity contribution in [3.05, 3.63) is 287 Å². The van der Waals surface area contributed by atoms with Crippen molar-refractivity contribution in [3.63, 3.8) is 0 Å². The quantitative estimate of drug-likeness (QED) is 0.0101. The number of aromatic nitrogens is 4. The summed E-state index contributed by atoms with van der Waals surface area (Å²) in [6, 6.07) is 67.1. The number of aliphatic hydroxyl groups excluding tert-OH is 3. The van der Waals surface area contributed by atoms with Gasteiger partial charge >= 0.3 is 30.5 Å². The zero-order valence-electron chi connectivity index (χ0n) is 73.2. The van der Waals surface area contributed by atoms with Crippen molar-refractivity contribution in [1.82, 2.24) is 61.8 Å². The largest absolute Gasteiger partial charge is 0.444 e. The van der Waals surface area contributed by atoms with Gasteiger partial charge in [0.15, 0.2) is 28.7 Å². The van der Waals surface area contributed by atoms with E-state index in [0.717, 1.165) is 86.4 Å². The number of hydrogen-bond donors (Lipinski definition) is 9. The number of sulfone groups is 1. The number of nitrogens with two attached hydrogens (primary N) is 1. The Labute approximate surface area is 774 Å². The number of amides is 5. The molecule has 6 aromatic carbocycles. The van der Waals surface area contributed by atoms with Gasteiger partial charge in [0.1, 0.15) is 31.0 Å². The molecule has 4 aromatic heterocycles. The summed E-state index contributed by atoms with van der Waals surface area (Å²) in [6.07, 6.45) is -0.986. The van der Waals surface area contributed by atoms with E-state index < -0.39 is 95.1 Å². The van der Waals surface area contributed by atoms with Gasteiger partial charge in [0, 0.05) is 79.9 Å². The monoisotopic (exact) mass is 1860 g/mol. The maximum absolute atomic E-state index is 13.1. The zero-order valence-corrected chi connectivity index (χ0v) is 74.8. The standard InChI is InChI=1S/C34H37N5O7S.C34H40N4O9S.C29H34N4O5/c40-30(29(16-23-6-2-1-3-7-23)37-33(41)46-31-20-44-32-27(31)13-15-43-32)18-39(38-34(42)45-19-26-21-47-22-36-26)17-24-9-11-25(12-10-24)28-8-4-5-14-35-28;39-30(29(18-23-6-2-1-3-7-23)36-33(40)47-31-21-45-32-27(31)13-16-44-32)20-38(37-34(41)46-26-14-17-48(42,43)22-26)19-24-9-11-25(12-10-24)28-8-4-5-15-35-28;30-33(17-21-9-11-22(12-10-21)24-8-4-5-14-31-24)18-26(34)25(16-20-6-2-1-3-7-20)32-29(35)38-27-19-37-28-23(27)13-15-36-28/h1-12,14,21-22,27,29-32,40H,13,15-20H2,(H,37,41)(H,38,42);1-12,15,26-27,29-32,39H,13-14,16-22H2,(H,36,40)(H,37,41);1-12,14,23,25-28,34H,13,15-19,30H2,(H,32,35)/t27-,29-,30-,31-,32+;26?,27-,29-,30-,31-,32+;23-,25-,26-,27-,28+/m000/s1. The van der Waals surface area contributed by atoms with Crippen LogP contribution in [0.25, 0.3) is 33.8 Å². The van der Waals surface area contributed by atoms with Crippen molar-refractivity contribution >= 4 is 51.6 Å². The molecule has 10 aromatic rings. The van der Waals surface area contributed by atoms with E-state index in [-0.39, 0.29) is 120 Å². The maximum Gasteiger partial charge on any atom is 0.422 e. The lowest BCUT2D eigenvalue weighted by molar-refractivity contribution is -0.0909. The number of hydrogen-bond acceptors (Lipinski definition) is 30. The summed E-state index contributed by atoms with van der Waals surface area (Å²) in [4.78, 5) is 82.3. The van der Waals surface area contributed by atoms with E-state index in [2.05, 4.69) is 46.7 Å². The molecule has 10 N–H and O–H groups in total. The van der Waals surface area contributed by atoms with E-state index >= 15 is 0 Å². The first kappa shape index (κ1) is 95.8. The molecule has 7 saturated heterocycles. The minimum Gasteiger partial charge on any atom is -0.444 e. The fourth-order valence-electron chi connectivity index (χ4n) is 16.9. The van der Waals surface area contributed by atoms with Crippen LogP contribution in [0.4, 0.5) is 24.0 Å². The molecule has 7 fully saturated rings. The molecule has 7 aliphatic rings. The van der Waals surface area contributed by atoms with Gasteiger partial charge in [0.25, 0.3) is 0 Å². The molecule has 34 nitrogen and oxygen atoms in total. The molecule has 0 spiro atoms. The molecule has 5 amide bonds. The summed E-state index contributed by atoms with van der Waals surface area (Å²) in [5, 5.41) is 49.3. The maximum atomic E-state index is 13.1. The SMILES string of the molecule is NN(Cc1ccc(-c2ccccn2)cc1)C[C@H](O)[C@H](Cc1ccccc1)NC(=O)O[C@H]1CO[C@H]2OCC[C@H]21.O=C(NN(Cc1ccc(-c2ccccn2)cc1)C[C@H](O)[C@H](Cc1ccccc1)NC(=O)O[C@H]1CO[C@H]2OCC[C@H]21)OC1CCS(=O)(=O)C1.O=C(NN(Cc1ccc(-c2ccccn2)cc1)C[C@H](O)[C@H](Cc1ccccc1)NC(=O)O[C@H]1CO[C@H]2OCC[C@H]21)OCc1cscn1. The summed E-state index contributed by atoms with van der Waals surface area (Å²) in [5.41, 5.74) is 18.6. The van der Waals surface area contributed by atoms with Gasteiger partial charge in [-0.25, -0.2) is 52.4 Å². The minimum absolute atomic E-state index is 0.00625. The average molecular weight is 1860 g/mol. The summed E-state index contributed by atoms with van der Waals surface area (Å²) in [6.45, 7) is 3.38. The third-order valence-electron chi connectivity index (χ3n) is 23.8. The highest BCUT2D eigenvalue weighted by Crippen LogP contribution is 2.36. The first-order valence-electron chi connectivity index (χ1n) is 44.5. The van der Waals surface area contributed by atoms with E-state index in [1.807, 2.05) is 218 Å². The van der Waals surface area contributed by atoms with Gasteiger partial charge in [-0.3, -0.25) is 31.6 Å². The molecule has 0 aliphatic carbocycles. The number of nitrogens with one attached hydrogen (secondary N) is 5. The minimum atomic E-state index is -3.26. The molecular weight excluding hydrogens is 1750 g/mol. The Morgan fingerprint density at radius 3 is 1.14 bits per heavy atom. The number of carbonyl (C=O) groups is 5. The summed E-state index contributed by atoms with van der Waals surface area (Å²) in [7, 11) is -3.26. The second-order valence-electron chi connectivity index (χ2n) is 33.6. The second kappa shape index (κ2) is 47.7. The molecule has 7 aliphatic heterocycles.